The van der Waals surface area contributed by atoms with Crippen molar-refractivity contribution in [1.82, 2.24) is 26.0 Å². The number of hydrogen-bond donors (Lipinski definition) is 3. The van der Waals surface area contributed by atoms with Crippen LogP contribution < -0.4 is 20.8 Å². The molecule has 0 unspecified atom stereocenters. The first-order valence-electron chi connectivity index (χ1n) is 11.5. The number of piperidine rings is 1. The fourth-order valence-electron chi connectivity index (χ4n) is 4.03. The van der Waals surface area contributed by atoms with E-state index in [1.807, 2.05) is 32.9 Å². The van der Waals surface area contributed by atoms with Gasteiger partial charge in [-0.2, -0.15) is 0 Å². The number of halogens is 3. The maximum absolute atomic E-state index is 12.6. The summed E-state index contributed by atoms with van der Waals surface area (Å²) in [6.45, 7) is 7.59. The van der Waals surface area contributed by atoms with Crippen LogP contribution in [0.5, 0.6) is 5.75 Å². The van der Waals surface area contributed by atoms with Crippen LogP contribution in [0.4, 0.5) is 18.0 Å². The molecule has 1 aromatic rings. The number of hydrogen-bond acceptors (Lipinski definition) is 7. The fraction of sp³-hybridized carbons (Fsp3) is 0.458. The Bertz CT molecular complexity index is 1040. The maximum atomic E-state index is 12.6. The predicted octanol–water partition coefficient (Wildman–Crippen LogP) is 4.23. The molecule has 0 spiro atoms. The van der Waals surface area contributed by atoms with Crippen LogP contribution in [0, 0.1) is 5.92 Å². The zero-order chi connectivity index (χ0) is 25.2. The quantitative estimate of drug-likeness (QED) is 0.567. The third-order valence-corrected chi connectivity index (χ3v) is 5.69. The molecule has 11 heteroatoms. The number of hydrazine groups is 1. The molecule has 3 heterocycles. The van der Waals surface area contributed by atoms with Gasteiger partial charge in [-0.3, -0.25) is 5.43 Å². The first kappa shape index (κ1) is 24.6. The Labute approximate surface area is 202 Å². The van der Waals surface area contributed by atoms with Crippen molar-refractivity contribution in [3.63, 3.8) is 0 Å². The Kier molecular flexibility index (Phi) is 6.77. The van der Waals surface area contributed by atoms with Crippen molar-refractivity contribution in [2.75, 3.05) is 19.6 Å². The van der Waals surface area contributed by atoms with Crippen LogP contribution in [0.1, 0.15) is 39.2 Å². The van der Waals surface area contributed by atoms with Crippen molar-refractivity contribution in [1.29, 1.82) is 0 Å². The standard InChI is InChI=1S/C24H30F3N5O3/c1-23(2,3)35-22(33)31-11-9-16(10-12-31)14-28-20-7-8-21-29-15-19(32(21)30-20)17-5-4-6-18(13-17)34-24(25,26)27/h4-8,13,15-16,28-30H,9-12,14H2,1-3H3. The van der Waals surface area contributed by atoms with E-state index in [0.29, 0.717) is 30.3 Å². The molecule has 1 amide bonds. The van der Waals surface area contributed by atoms with Gasteiger partial charge in [-0.15, -0.1) is 13.2 Å². The van der Waals surface area contributed by atoms with E-state index < -0.39 is 12.0 Å². The van der Waals surface area contributed by atoms with Crippen molar-refractivity contribution >= 4 is 11.8 Å². The highest BCUT2D eigenvalue weighted by Gasteiger charge is 2.32. The van der Waals surface area contributed by atoms with Gasteiger partial charge >= 0.3 is 12.5 Å². The summed E-state index contributed by atoms with van der Waals surface area (Å²) in [5.74, 6) is 1.63. The largest absolute Gasteiger partial charge is 0.573 e. The zero-order valence-corrected chi connectivity index (χ0v) is 19.9. The molecule has 1 fully saturated rings. The SMILES string of the molecule is CC(C)(C)OC(=O)N1CCC(CNC2=CC=C3NC=C(c4cccc(OC(F)(F)F)c4)N3N2)CC1. The number of likely N-dealkylation sites (tertiary alicyclic amines) is 1. The first-order valence-corrected chi connectivity index (χ1v) is 11.5. The molecule has 0 saturated carbocycles. The lowest BCUT2D eigenvalue weighted by Crippen LogP contribution is -2.45. The number of amides is 1. The normalized spacial score (nSPS) is 18.5. The average molecular weight is 494 g/mol. The maximum Gasteiger partial charge on any atom is 0.573 e. The molecule has 4 rings (SSSR count). The fourth-order valence-corrected chi connectivity index (χ4v) is 4.03. The van der Waals surface area contributed by atoms with E-state index in [4.69, 9.17) is 4.74 Å². The van der Waals surface area contributed by atoms with Crippen LogP contribution in [0.25, 0.3) is 5.70 Å². The summed E-state index contributed by atoms with van der Waals surface area (Å²) in [6.07, 6.45) is 2.20. The Morgan fingerprint density at radius 3 is 2.60 bits per heavy atom. The minimum Gasteiger partial charge on any atom is -0.444 e. The van der Waals surface area contributed by atoms with Crippen molar-refractivity contribution in [2.45, 2.75) is 45.6 Å². The molecule has 190 valence electrons. The molecule has 0 bridgehead atoms. The van der Waals surface area contributed by atoms with E-state index in [2.05, 4.69) is 20.8 Å². The molecule has 3 N–H and O–H groups in total. The number of carbonyl (C=O) groups excluding carboxylic acids is 1. The number of alkyl halides is 3. The summed E-state index contributed by atoms with van der Waals surface area (Å²) >= 11 is 0. The van der Waals surface area contributed by atoms with E-state index in [-0.39, 0.29) is 11.8 Å². The lowest BCUT2D eigenvalue weighted by atomic mass is 9.97. The molecular formula is C24H30F3N5O3. The van der Waals surface area contributed by atoms with Gasteiger partial charge < -0.3 is 25.0 Å². The summed E-state index contributed by atoms with van der Waals surface area (Å²) < 4.78 is 47.3. The van der Waals surface area contributed by atoms with Crippen LogP contribution in [0.15, 0.2) is 54.3 Å². The minimum absolute atomic E-state index is 0.274. The van der Waals surface area contributed by atoms with E-state index in [9.17, 15) is 18.0 Å². The highest BCUT2D eigenvalue weighted by atomic mass is 19.4. The van der Waals surface area contributed by atoms with Gasteiger partial charge in [0, 0.05) is 31.4 Å². The Morgan fingerprint density at radius 2 is 1.91 bits per heavy atom. The second-order valence-corrected chi connectivity index (χ2v) is 9.62. The van der Waals surface area contributed by atoms with E-state index in [1.54, 1.807) is 22.2 Å². The third-order valence-electron chi connectivity index (χ3n) is 5.69. The average Bonchev–Trinajstić information content (AvgIpc) is 3.19. The smallest absolute Gasteiger partial charge is 0.444 e. The number of carbonyl (C=O) groups is 1. The molecule has 0 aliphatic carbocycles. The molecule has 8 nitrogen and oxygen atoms in total. The van der Waals surface area contributed by atoms with Gasteiger partial charge in [0.2, 0.25) is 0 Å². The van der Waals surface area contributed by atoms with Crippen LogP contribution in [-0.2, 0) is 4.74 Å². The van der Waals surface area contributed by atoms with Gasteiger partial charge in [0.25, 0.3) is 0 Å². The first-order chi connectivity index (χ1) is 16.5. The van der Waals surface area contributed by atoms with E-state index >= 15 is 0 Å². The van der Waals surface area contributed by atoms with Gasteiger partial charge in [-0.25, -0.2) is 9.80 Å². The van der Waals surface area contributed by atoms with Gasteiger partial charge in [0.1, 0.15) is 23.0 Å². The molecule has 35 heavy (non-hydrogen) atoms. The minimum atomic E-state index is -4.75. The number of nitrogens with one attached hydrogen (secondary N) is 3. The van der Waals surface area contributed by atoms with Gasteiger partial charge in [-0.05, 0) is 63.8 Å². The Balaban J connectivity index is 1.30. The summed E-state index contributed by atoms with van der Waals surface area (Å²) in [7, 11) is 0. The molecule has 3 aliphatic rings. The summed E-state index contributed by atoms with van der Waals surface area (Å²) in [5, 5.41) is 8.28. The topological polar surface area (TPSA) is 78.1 Å². The number of nitrogens with zero attached hydrogens (tertiary/aromatic N) is 2. The summed E-state index contributed by atoms with van der Waals surface area (Å²) in [6, 6.07) is 5.84. The number of rotatable bonds is 5. The van der Waals surface area contributed by atoms with Crippen LogP contribution in [-0.4, -0.2) is 47.6 Å². The Morgan fingerprint density at radius 1 is 1.17 bits per heavy atom. The molecular weight excluding hydrogens is 463 g/mol. The highest BCUT2D eigenvalue weighted by Crippen LogP contribution is 2.31. The lowest BCUT2D eigenvalue weighted by molar-refractivity contribution is -0.274. The third kappa shape index (κ3) is 6.55. The van der Waals surface area contributed by atoms with Gasteiger partial charge in [-0.1, -0.05) is 12.1 Å². The van der Waals surface area contributed by atoms with Crippen LogP contribution >= 0.6 is 0 Å². The van der Waals surface area contributed by atoms with Crippen LogP contribution in [0.3, 0.4) is 0 Å². The zero-order valence-electron chi connectivity index (χ0n) is 19.9. The predicted molar refractivity (Wildman–Crippen MR) is 124 cm³/mol. The Hall–Kier alpha value is -3.50. The number of allylic oxidation sites excluding steroid dienone is 2. The van der Waals surface area contributed by atoms with Crippen molar-refractivity contribution in [2.24, 2.45) is 5.92 Å². The number of ether oxygens (including phenoxy) is 2. The van der Waals surface area contributed by atoms with Gasteiger partial charge in [0.15, 0.2) is 0 Å². The second-order valence-electron chi connectivity index (χ2n) is 9.62. The summed E-state index contributed by atoms with van der Waals surface area (Å²) in [5.41, 5.74) is 3.97. The monoisotopic (exact) mass is 493 g/mol. The van der Waals surface area contributed by atoms with E-state index in [1.165, 1.54) is 18.2 Å². The summed E-state index contributed by atoms with van der Waals surface area (Å²) in [4.78, 5) is 14.0. The van der Waals surface area contributed by atoms with Crippen molar-refractivity contribution < 1.29 is 27.4 Å². The number of benzene rings is 1. The van der Waals surface area contributed by atoms with Crippen molar-refractivity contribution in [3.8, 4) is 5.75 Å². The van der Waals surface area contributed by atoms with Crippen LogP contribution in [0.2, 0.25) is 0 Å². The number of fused-ring (bicyclic) bond motifs is 1. The van der Waals surface area contributed by atoms with Gasteiger partial charge in [0.05, 0.1) is 5.70 Å². The molecule has 3 aliphatic heterocycles. The van der Waals surface area contributed by atoms with E-state index in [0.717, 1.165) is 31.0 Å². The second kappa shape index (κ2) is 9.63. The lowest BCUT2D eigenvalue weighted by Gasteiger charge is -2.34. The molecule has 1 saturated heterocycles. The molecule has 0 aromatic heterocycles. The highest BCUT2D eigenvalue weighted by molar-refractivity contribution is 5.69. The van der Waals surface area contributed by atoms with Crippen molar-refractivity contribution in [3.05, 3.63) is 59.8 Å². The molecule has 1 aromatic carbocycles. The molecule has 0 radical (unpaired) electrons. The molecule has 0 atom stereocenters.